The first-order chi connectivity index (χ1) is 10.5. The van der Waals surface area contributed by atoms with Gasteiger partial charge in [0.2, 0.25) is 5.91 Å². The van der Waals surface area contributed by atoms with Crippen molar-refractivity contribution in [3.63, 3.8) is 0 Å². The van der Waals surface area contributed by atoms with Crippen molar-refractivity contribution in [1.29, 1.82) is 0 Å². The van der Waals surface area contributed by atoms with Gasteiger partial charge in [0.15, 0.2) is 0 Å². The van der Waals surface area contributed by atoms with Gasteiger partial charge in [-0.2, -0.15) is 0 Å². The molecule has 4 heteroatoms. The van der Waals surface area contributed by atoms with Gasteiger partial charge in [0, 0.05) is 19.8 Å². The van der Waals surface area contributed by atoms with Crippen LogP contribution in [0.3, 0.4) is 0 Å². The molecule has 1 saturated heterocycles. The standard InChI is InChI=1S/C18H28N2O2/c1-12-10-13(2)16(14(3)11-12)4-7-20-18(21)17(19)15-5-8-22-9-6-15/h10-11,15,17H,4-9,19H2,1-3H3,(H,20,21). The van der Waals surface area contributed by atoms with E-state index in [0.29, 0.717) is 19.8 Å². The molecule has 1 aromatic rings. The molecular formula is C18H28N2O2. The van der Waals surface area contributed by atoms with Gasteiger partial charge in [0.25, 0.3) is 0 Å². The third-order valence-corrected chi connectivity index (χ3v) is 4.59. The number of nitrogens with one attached hydrogen (secondary N) is 1. The quantitative estimate of drug-likeness (QED) is 0.875. The third kappa shape index (κ3) is 4.31. The van der Waals surface area contributed by atoms with E-state index in [2.05, 4.69) is 38.2 Å². The van der Waals surface area contributed by atoms with Gasteiger partial charge in [0.05, 0.1) is 6.04 Å². The summed E-state index contributed by atoms with van der Waals surface area (Å²) in [7, 11) is 0. The van der Waals surface area contributed by atoms with E-state index >= 15 is 0 Å². The summed E-state index contributed by atoms with van der Waals surface area (Å²) in [5.41, 5.74) is 11.3. The Bertz CT molecular complexity index is 499. The van der Waals surface area contributed by atoms with Crippen molar-refractivity contribution in [3.8, 4) is 0 Å². The number of carbonyl (C=O) groups excluding carboxylic acids is 1. The van der Waals surface area contributed by atoms with Crippen molar-refractivity contribution in [1.82, 2.24) is 5.32 Å². The maximum absolute atomic E-state index is 12.2. The molecule has 0 radical (unpaired) electrons. The van der Waals surface area contributed by atoms with Crippen molar-refractivity contribution in [2.75, 3.05) is 19.8 Å². The minimum Gasteiger partial charge on any atom is -0.381 e. The fraction of sp³-hybridized carbons (Fsp3) is 0.611. The Kier molecular flexibility index (Phi) is 5.98. The second-order valence-corrected chi connectivity index (χ2v) is 6.39. The number of amides is 1. The van der Waals surface area contributed by atoms with Crippen LogP contribution in [0.2, 0.25) is 0 Å². The molecule has 22 heavy (non-hydrogen) atoms. The zero-order chi connectivity index (χ0) is 16.1. The molecule has 1 aromatic carbocycles. The van der Waals surface area contributed by atoms with E-state index in [-0.39, 0.29) is 11.8 Å². The van der Waals surface area contributed by atoms with Crippen molar-refractivity contribution in [2.24, 2.45) is 11.7 Å². The third-order valence-electron chi connectivity index (χ3n) is 4.59. The Hall–Kier alpha value is -1.39. The Morgan fingerprint density at radius 2 is 1.86 bits per heavy atom. The lowest BCUT2D eigenvalue weighted by Gasteiger charge is -2.26. The summed E-state index contributed by atoms with van der Waals surface area (Å²) in [5, 5.41) is 2.99. The number of benzene rings is 1. The number of carbonyl (C=O) groups is 1. The maximum atomic E-state index is 12.2. The average molecular weight is 304 g/mol. The lowest BCUT2D eigenvalue weighted by molar-refractivity contribution is -0.124. The molecule has 122 valence electrons. The molecule has 0 aromatic heterocycles. The number of hydrogen-bond donors (Lipinski definition) is 2. The number of ether oxygens (including phenoxy) is 1. The van der Waals surface area contributed by atoms with E-state index < -0.39 is 6.04 Å². The highest BCUT2D eigenvalue weighted by atomic mass is 16.5. The van der Waals surface area contributed by atoms with Crippen LogP contribution >= 0.6 is 0 Å². The van der Waals surface area contributed by atoms with E-state index in [0.717, 1.165) is 19.3 Å². The fourth-order valence-corrected chi connectivity index (χ4v) is 3.32. The molecule has 3 N–H and O–H groups in total. The highest BCUT2D eigenvalue weighted by Crippen LogP contribution is 2.18. The molecule has 1 amide bonds. The summed E-state index contributed by atoms with van der Waals surface area (Å²) < 4.78 is 5.32. The lowest BCUT2D eigenvalue weighted by Crippen LogP contribution is -2.47. The van der Waals surface area contributed by atoms with Gasteiger partial charge < -0.3 is 15.8 Å². The molecule has 0 spiro atoms. The van der Waals surface area contributed by atoms with Crippen LogP contribution in [0.1, 0.15) is 35.1 Å². The summed E-state index contributed by atoms with van der Waals surface area (Å²) in [6, 6.07) is 3.97. The molecule has 1 aliphatic rings. The maximum Gasteiger partial charge on any atom is 0.237 e. The molecule has 1 aliphatic heterocycles. The Balaban J connectivity index is 1.84. The predicted octanol–water partition coefficient (Wildman–Crippen LogP) is 2.02. The van der Waals surface area contributed by atoms with Crippen molar-refractivity contribution < 1.29 is 9.53 Å². The Labute approximate surface area is 133 Å². The highest BCUT2D eigenvalue weighted by molar-refractivity contribution is 5.81. The van der Waals surface area contributed by atoms with E-state index in [1.807, 2.05) is 0 Å². The van der Waals surface area contributed by atoms with E-state index in [9.17, 15) is 4.79 Å². The van der Waals surface area contributed by atoms with Crippen molar-refractivity contribution in [3.05, 3.63) is 34.4 Å². The monoisotopic (exact) mass is 304 g/mol. The Morgan fingerprint density at radius 3 is 2.45 bits per heavy atom. The van der Waals surface area contributed by atoms with Crippen LogP contribution in [0.4, 0.5) is 0 Å². The van der Waals surface area contributed by atoms with Crippen molar-refractivity contribution in [2.45, 2.75) is 46.1 Å². The molecule has 0 aliphatic carbocycles. The summed E-state index contributed by atoms with van der Waals surface area (Å²) in [4.78, 5) is 12.2. The molecule has 4 nitrogen and oxygen atoms in total. The van der Waals surface area contributed by atoms with Crippen LogP contribution in [0, 0.1) is 26.7 Å². The van der Waals surface area contributed by atoms with Gasteiger partial charge in [-0.15, -0.1) is 0 Å². The van der Waals surface area contributed by atoms with E-state index in [1.54, 1.807) is 0 Å². The van der Waals surface area contributed by atoms with Crippen LogP contribution < -0.4 is 11.1 Å². The van der Waals surface area contributed by atoms with Crippen molar-refractivity contribution >= 4 is 5.91 Å². The minimum absolute atomic E-state index is 0.0330. The van der Waals surface area contributed by atoms with Crippen LogP contribution in [0.25, 0.3) is 0 Å². The molecule has 1 atom stereocenters. The van der Waals surface area contributed by atoms with Gasteiger partial charge in [-0.3, -0.25) is 4.79 Å². The minimum atomic E-state index is -0.413. The second kappa shape index (κ2) is 7.75. The normalized spacial score (nSPS) is 17.3. The number of nitrogens with two attached hydrogens (primary N) is 1. The van der Waals surface area contributed by atoms with Crippen LogP contribution in [0.15, 0.2) is 12.1 Å². The topological polar surface area (TPSA) is 64.4 Å². The SMILES string of the molecule is Cc1cc(C)c(CCNC(=O)C(N)C2CCOCC2)c(C)c1. The van der Waals surface area contributed by atoms with Gasteiger partial charge in [0.1, 0.15) is 0 Å². The van der Waals surface area contributed by atoms with Gasteiger partial charge in [-0.25, -0.2) is 0 Å². The average Bonchev–Trinajstić information content (AvgIpc) is 2.49. The van der Waals surface area contributed by atoms with Gasteiger partial charge >= 0.3 is 0 Å². The zero-order valence-electron chi connectivity index (χ0n) is 13.9. The molecule has 1 heterocycles. The molecule has 1 unspecified atom stereocenters. The number of hydrogen-bond acceptors (Lipinski definition) is 3. The first kappa shape index (κ1) is 17.0. The highest BCUT2D eigenvalue weighted by Gasteiger charge is 2.26. The van der Waals surface area contributed by atoms with Gasteiger partial charge in [-0.05, 0) is 62.6 Å². The van der Waals surface area contributed by atoms with Crippen LogP contribution in [-0.2, 0) is 16.0 Å². The number of rotatable bonds is 5. The summed E-state index contributed by atoms with van der Waals surface area (Å²) in [6.45, 7) is 8.44. The van der Waals surface area contributed by atoms with Crippen LogP contribution in [0.5, 0.6) is 0 Å². The molecule has 0 bridgehead atoms. The number of aryl methyl sites for hydroxylation is 3. The van der Waals surface area contributed by atoms with E-state index in [1.165, 1.54) is 22.3 Å². The summed E-state index contributed by atoms with van der Waals surface area (Å²) in [6.07, 6.45) is 2.61. The lowest BCUT2D eigenvalue weighted by atomic mass is 9.92. The van der Waals surface area contributed by atoms with Crippen LogP contribution in [-0.4, -0.2) is 31.7 Å². The Morgan fingerprint density at radius 1 is 1.27 bits per heavy atom. The van der Waals surface area contributed by atoms with E-state index in [4.69, 9.17) is 10.5 Å². The molecular weight excluding hydrogens is 276 g/mol. The molecule has 0 saturated carbocycles. The summed E-state index contributed by atoms with van der Waals surface area (Å²) in [5.74, 6) is 0.214. The first-order valence-electron chi connectivity index (χ1n) is 8.17. The first-order valence-corrected chi connectivity index (χ1v) is 8.17. The zero-order valence-corrected chi connectivity index (χ0v) is 13.9. The molecule has 1 fully saturated rings. The predicted molar refractivity (Wildman–Crippen MR) is 88.9 cm³/mol. The summed E-state index contributed by atoms with van der Waals surface area (Å²) >= 11 is 0. The smallest absolute Gasteiger partial charge is 0.237 e. The largest absolute Gasteiger partial charge is 0.381 e. The molecule has 2 rings (SSSR count). The van der Waals surface area contributed by atoms with Gasteiger partial charge in [-0.1, -0.05) is 17.7 Å². The second-order valence-electron chi connectivity index (χ2n) is 6.39. The fourth-order valence-electron chi connectivity index (χ4n) is 3.32.